The molecule has 8 heteroatoms. The third-order valence-electron chi connectivity index (χ3n) is 7.32. The van der Waals surface area contributed by atoms with E-state index in [9.17, 15) is 19.5 Å². The maximum atomic E-state index is 13.1. The van der Waals surface area contributed by atoms with Gasteiger partial charge in [0.15, 0.2) is 0 Å². The van der Waals surface area contributed by atoms with Gasteiger partial charge in [0.2, 0.25) is 11.8 Å². The highest BCUT2D eigenvalue weighted by Crippen LogP contribution is 2.50. The number of hydrogen-bond donors (Lipinski definition) is 1. The monoisotopic (exact) mass is 531 g/mol. The summed E-state index contributed by atoms with van der Waals surface area (Å²) >= 11 is 3.45. The topological polar surface area (TPSA) is 93.1 Å². The number of methoxy groups -OCH3 is 1. The molecule has 0 saturated carbocycles. The van der Waals surface area contributed by atoms with Gasteiger partial charge in [-0.3, -0.25) is 9.59 Å². The summed E-state index contributed by atoms with van der Waals surface area (Å²) in [5.41, 5.74) is 4.26. The van der Waals surface area contributed by atoms with Gasteiger partial charge in [0.25, 0.3) is 0 Å². The maximum absolute atomic E-state index is 13.1. The molecule has 1 N–H and O–H groups in total. The quantitative estimate of drug-likeness (QED) is 0.399. The van der Waals surface area contributed by atoms with Crippen molar-refractivity contribution in [1.82, 2.24) is 4.90 Å². The van der Waals surface area contributed by atoms with Crippen LogP contribution in [0.2, 0.25) is 0 Å². The fourth-order valence-corrected chi connectivity index (χ4v) is 5.99. The van der Waals surface area contributed by atoms with Gasteiger partial charge >= 0.3 is 6.09 Å². The van der Waals surface area contributed by atoms with Crippen LogP contribution in [-0.2, 0) is 19.1 Å². The largest absolute Gasteiger partial charge is 0.507 e. The van der Waals surface area contributed by atoms with Gasteiger partial charge in [0.1, 0.15) is 5.75 Å². The van der Waals surface area contributed by atoms with E-state index in [1.807, 2.05) is 12.1 Å². The summed E-state index contributed by atoms with van der Waals surface area (Å²) in [4.78, 5) is 38.7. The van der Waals surface area contributed by atoms with E-state index in [1.165, 1.54) is 12.7 Å². The van der Waals surface area contributed by atoms with Crippen LogP contribution in [0.1, 0.15) is 51.5 Å². The Balaban J connectivity index is 1.55. The minimum absolute atomic E-state index is 0.123. The number of halogens is 1. The van der Waals surface area contributed by atoms with Gasteiger partial charge in [-0.05, 0) is 55.9 Å². The smallest absolute Gasteiger partial charge is 0.423 e. The molecule has 2 aliphatic heterocycles. The van der Waals surface area contributed by atoms with E-state index in [0.717, 1.165) is 46.9 Å². The van der Waals surface area contributed by atoms with E-state index < -0.39 is 29.7 Å². The van der Waals surface area contributed by atoms with Crippen LogP contribution in [0.5, 0.6) is 5.75 Å². The maximum Gasteiger partial charge on any atom is 0.423 e. The molecular formula is C26H30BrNO6. The summed E-state index contributed by atoms with van der Waals surface area (Å²) in [7, 11) is 1.17. The van der Waals surface area contributed by atoms with Gasteiger partial charge in [0.05, 0.1) is 31.7 Å². The van der Waals surface area contributed by atoms with Crippen molar-refractivity contribution in [2.24, 2.45) is 17.8 Å². The first-order valence-electron chi connectivity index (χ1n) is 11.8. The summed E-state index contributed by atoms with van der Waals surface area (Å²) in [6.07, 6.45) is 4.62. The van der Waals surface area contributed by atoms with Crippen molar-refractivity contribution >= 4 is 39.9 Å². The molecule has 4 rings (SSSR count). The van der Waals surface area contributed by atoms with Crippen LogP contribution in [0.3, 0.4) is 0 Å². The number of phenols is 1. The van der Waals surface area contributed by atoms with Crippen molar-refractivity contribution < 1.29 is 29.0 Å². The standard InChI is InChI=1S/C26H30BrNO6/c1-4-14(10-16-11-17(27)7-8-20(16)29)6-9-21-22-15(5-2)12-18-23(19(22)13-34-21)25(31)28(24(18)30)26(32)33-3/h7-8,10-11,18-19,21,23,29H,4-6,9,12-13H2,1-3H3/b14-10+/t18-,19+,21-,23-/m1/s1. The van der Waals surface area contributed by atoms with Gasteiger partial charge in [-0.25, -0.2) is 4.79 Å². The third-order valence-corrected chi connectivity index (χ3v) is 7.82. The van der Waals surface area contributed by atoms with E-state index in [-0.39, 0.29) is 17.8 Å². The second kappa shape index (κ2) is 10.0. The summed E-state index contributed by atoms with van der Waals surface area (Å²) in [6, 6.07) is 5.36. The lowest BCUT2D eigenvalue weighted by molar-refractivity contribution is -0.137. The van der Waals surface area contributed by atoms with E-state index in [1.54, 1.807) is 12.1 Å². The average Bonchev–Trinajstić information content (AvgIpc) is 3.36. The van der Waals surface area contributed by atoms with Gasteiger partial charge in [-0.2, -0.15) is 4.90 Å². The highest BCUT2D eigenvalue weighted by molar-refractivity contribution is 9.10. The first kappa shape index (κ1) is 24.7. The number of ether oxygens (including phenoxy) is 2. The molecule has 3 aliphatic rings. The van der Waals surface area contributed by atoms with Crippen LogP contribution in [-0.4, -0.2) is 47.7 Å². The molecule has 2 saturated heterocycles. The van der Waals surface area contributed by atoms with Crippen LogP contribution in [0.15, 0.2) is 39.4 Å². The Kier molecular flexibility index (Phi) is 7.28. The van der Waals surface area contributed by atoms with E-state index in [4.69, 9.17) is 4.74 Å². The predicted octanol–water partition coefficient (Wildman–Crippen LogP) is 5.22. The molecule has 34 heavy (non-hydrogen) atoms. The number of carbonyl (C=O) groups is 3. The Labute approximate surface area is 207 Å². The lowest BCUT2D eigenvalue weighted by atomic mass is 9.69. The fraction of sp³-hybridized carbons (Fsp3) is 0.500. The Hall–Kier alpha value is -2.45. The molecular weight excluding hydrogens is 502 g/mol. The van der Waals surface area contributed by atoms with Gasteiger partial charge in [-0.1, -0.05) is 47.0 Å². The van der Waals surface area contributed by atoms with Crippen LogP contribution in [0.25, 0.3) is 6.08 Å². The zero-order valence-corrected chi connectivity index (χ0v) is 21.3. The molecule has 1 aliphatic carbocycles. The summed E-state index contributed by atoms with van der Waals surface area (Å²) < 4.78 is 11.8. The molecule has 0 spiro atoms. The summed E-state index contributed by atoms with van der Waals surface area (Å²) in [5, 5.41) is 10.2. The number of aromatic hydroxyl groups is 1. The molecule has 2 fully saturated rings. The second-order valence-electron chi connectivity index (χ2n) is 9.06. The summed E-state index contributed by atoms with van der Waals surface area (Å²) in [6.45, 7) is 4.52. The number of benzene rings is 1. The number of allylic oxidation sites excluding steroid dienone is 2. The molecule has 7 nitrogen and oxygen atoms in total. The number of imide groups is 3. The zero-order chi connectivity index (χ0) is 24.6. The van der Waals surface area contributed by atoms with Crippen molar-refractivity contribution in [2.45, 2.75) is 52.1 Å². The number of hydrogen-bond acceptors (Lipinski definition) is 6. The molecule has 4 atom stereocenters. The fourth-order valence-electron chi connectivity index (χ4n) is 5.61. The first-order valence-corrected chi connectivity index (χ1v) is 12.6. The van der Waals surface area contributed by atoms with Crippen molar-refractivity contribution in [1.29, 1.82) is 0 Å². The van der Waals surface area contributed by atoms with E-state index in [2.05, 4.69) is 34.5 Å². The Bertz CT molecular complexity index is 1080. The van der Waals surface area contributed by atoms with Crippen molar-refractivity contribution in [3.05, 3.63) is 45.0 Å². The predicted molar refractivity (Wildman–Crippen MR) is 130 cm³/mol. The van der Waals surface area contributed by atoms with Crippen LogP contribution in [0.4, 0.5) is 4.79 Å². The van der Waals surface area contributed by atoms with Crippen molar-refractivity contribution in [2.75, 3.05) is 13.7 Å². The Morgan fingerprint density at radius 1 is 1.26 bits per heavy atom. The average molecular weight is 532 g/mol. The first-order chi connectivity index (χ1) is 16.3. The molecule has 0 unspecified atom stereocenters. The molecule has 1 aromatic carbocycles. The van der Waals surface area contributed by atoms with Crippen LogP contribution >= 0.6 is 15.9 Å². The number of fused-ring (bicyclic) bond motifs is 3. The minimum atomic E-state index is -0.909. The van der Waals surface area contributed by atoms with Crippen LogP contribution < -0.4 is 0 Å². The second-order valence-corrected chi connectivity index (χ2v) is 9.97. The van der Waals surface area contributed by atoms with Crippen molar-refractivity contribution in [3.63, 3.8) is 0 Å². The van der Waals surface area contributed by atoms with Gasteiger partial charge in [0, 0.05) is 16.0 Å². The zero-order valence-electron chi connectivity index (χ0n) is 19.7. The highest BCUT2D eigenvalue weighted by Gasteiger charge is 2.58. The number of rotatable bonds is 6. The molecule has 2 heterocycles. The lowest BCUT2D eigenvalue weighted by Crippen LogP contribution is -2.38. The third kappa shape index (κ3) is 4.33. The van der Waals surface area contributed by atoms with Crippen molar-refractivity contribution in [3.8, 4) is 5.75 Å². The van der Waals surface area contributed by atoms with E-state index in [0.29, 0.717) is 17.9 Å². The number of carbonyl (C=O) groups excluding carboxylic acids is 3. The molecule has 3 amide bonds. The Morgan fingerprint density at radius 3 is 2.71 bits per heavy atom. The number of amides is 3. The molecule has 0 radical (unpaired) electrons. The normalized spacial score (nSPS) is 26.7. The highest BCUT2D eigenvalue weighted by atomic mass is 79.9. The Morgan fingerprint density at radius 2 is 2.03 bits per heavy atom. The molecule has 1 aromatic rings. The van der Waals surface area contributed by atoms with E-state index >= 15 is 0 Å². The SMILES string of the molecule is CCC1=C2[C@@H](CC/C(=C/c3cc(Br)ccc3O)CC)OC[C@@H]2[C@@H]2C(=O)N(C(=O)OC)C(=O)[C@@H]2C1. The molecule has 0 bridgehead atoms. The minimum Gasteiger partial charge on any atom is -0.507 e. The number of likely N-dealkylation sites (tertiary alicyclic amines) is 1. The van der Waals surface area contributed by atoms with Crippen LogP contribution in [0, 0.1) is 17.8 Å². The van der Waals surface area contributed by atoms with Gasteiger partial charge in [-0.15, -0.1) is 0 Å². The molecule has 182 valence electrons. The number of phenolic OH excluding ortho intramolecular Hbond substituents is 1. The summed E-state index contributed by atoms with van der Waals surface area (Å²) in [5.74, 6) is -1.97. The molecule has 0 aromatic heterocycles. The number of nitrogens with zero attached hydrogens (tertiary/aromatic N) is 1. The lowest BCUT2D eigenvalue weighted by Gasteiger charge is -2.31. The van der Waals surface area contributed by atoms with Gasteiger partial charge < -0.3 is 14.6 Å².